The van der Waals surface area contributed by atoms with Crippen molar-refractivity contribution in [3.05, 3.63) is 39.5 Å². The summed E-state index contributed by atoms with van der Waals surface area (Å²) >= 11 is 1.17. The molecule has 3 N–H and O–H groups in total. The Hall–Kier alpha value is -3.04. The molecule has 1 aliphatic rings. The number of nitrogens with two attached hydrogens (primary N) is 1. The first-order chi connectivity index (χ1) is 13.1. The number of carbonyl (C=O) groups excluding carboxylic acids is 1. The second-order valence-electron chi connectivity index (χ2n) is 6.46. The normalized spacial score (nSPS) is 20.9. The van der Waals surface area contributed by atoms with Gasteiger partial charge in [0, 0.05) is 18.6 Å². The van der Waals surface area contributed by atoms with Gasteiger partial charge in [-0.05, 0) is 25.5 Å². The predicted molar refractivity (Wildman–Crippen MR) is 104 cm³/mol. The minimum absolute atomic E-state index is 0.119. The second kappa shape index (κ2) is 6.84. The molecule has 28 heavy (non-hydrogen) atoms. The lowest BCUT2D eigenvalue weighted by Crippen LogP contribution is -2.50. The molecule has 0 aliphatic carbocycles. The number of rotatable bonds is 3. The van der Waals surface area contributed by atoms with Crippen LogP contribution in [0.25, 0.3) is 0 Å². The number of nitrogens with zero attached hydrogens (tertiary/aromatic N) is 5. The Morgan fingerprint density at radius 1 is 1.50 bits per heavy atom. The minimum Gasteiger partial charge on any atom is -0.369 e. The van der Waals surface area contributed by atoms with Crippen molar-refractivity contribution in [2.75, 3.05) is 18.1 Å². The quantitative estimate of drug-likeness (QED) is 0.744. The number of aryl methyl sites for hydroxylation is 1. The largest absolute Gasteiger partial charge is 0.369 e. The minimum atomic E-state index is -3.61. The maximum absolute atomic E-state index is 12.5. The highest BCUT2D eigenvalue weighted by molar-refractivity contribution is 7.89. The summed E-state index contributed by atoms with van der Waals surface area (Å²) in [5.74, 6) is -0.634. The molecule has 0 bridgehead atoms. The molecule has 0 aromatic carbocycles. The molecular weight excluding hydrogens is 402 g/mol. The number of amides is 1. The van der Waals surface area contributed by atoms with Gasteiger partial charge in [-0.1, -0.05) is 0 Å². The summed E-state index contributed by atoms with van der Waals surface area (Å²) in [5.41, 5.74) is 5.68. The average molecular weight is 419 g/mol. The zero-order chi connectivity index (χ0) is 20.7. The molecule has 1 atom stereocenters. The number of aliphatic imine (C=N–C) groups is 1. The van der Waals surface area contributed by atoms with Gasteiger partial charge >= 0.3 is 0 Å². The van der Waals surface area contributed by atoms with Crippen molar-refractivity contribution in [2.45, 2.75) is 19.4 Å². The van der Waals surface area contributed by atoms with E-state index >= 15 is 0 Å². The van der Waals surface area contributed by atoms with Crippen molar-refractivity contribution in [3.63, 3.8) is 0 Å². The third kappa shape index (κ3) is 3.54. The Balaban J connectivity index is 1.85. The standard InChI is InChI=1S/C16H17N7O3S2/c1-9-4-10(5-17)6-19-12(9)13(24)20-11-7-27-14(21-11)16(2)8-28(25,26)23(3)15(18)22-16/h4,6-7H,8H2,1-3H3,(H2,18,22)(H,20,24)/t16-/m0/s1. The average Bonchev–Trinajstić information content (AvgIpc) is 3.08. The molecule has 12 heteroatoms. The third-order valence-electron chi connectivity index (χ3n) is 4.19. The van der Waals surface area contributed by atoms with Crippen molar-refractivity contribution in [2.24, 2.45) is 10.7 Å². The van der Waals surface area contributed by atoms with Gasteiger partial charge in [-0.15, -0.1) is 11.3 Å². The summed E-state index contributed by atoms with van der Waals surface area (Å²) in [6, 6.07) is 3.53. The van der Waals surface area contributed by atoms with E-state index in [4.69, 9.17) is 11.0 Å². The van der Waals surface area contributed by atoms with E-state index in [1.165, 1.54) is 24.6 Å². The maximum atomic E-state index is 12.5. The monoisotopic (exact) mass is 419 g/mol. The van der Waals surface area contributed by atoms with Gasteiger partial charge in [-0.2, -0.15) is 5.26 Å². The maximum Gasteiger partial charge on any atom is 0.275 e. The van der Waals surface area contributed by atoms with Crippen molar-refractivity contribution in [1.29, 1.82) is 5.26 Å². The van der Waals surface area contributed by atoms with Crippen molar-refractivity contribution < 1.29 is 13.2 Å². The first-order valence-electron chi connectivity index (χ1n) is 8.02. The number of hydrogen-bond acceptors (Lipinski definition) is 9. The van der Waals surface area contributed by atoms with Crippen LogP contribution in [0.4, 0.5) is 5.82 Å². The number of nitrogens with one attached hydrogen (secondary N) is 1. The van der Waals surface area contributed by atoms with Gasteiger partial charge < -0.3 is 11.1 Å². The zero-order valence-electron chi connectivity index (χ0n) is 15.3. The van der Waals surface area contributed by atoms with Crippen LogP contribution < -0.4 is 11.1 Å². The second-order valence-corrected chi connectivity index (χ2v) is 9.32. The number of sulfonamides is 1. The molecule has 0 unspecified atom stereocenters. The van der Waals surface area contributed by atoms with Crippen LogP contribution in [0.2, 0.25) is 0 Å². The number of guanidine groups is 1. The van der Waals surface area contributed by atoms with Gasteiger partial charge in [0.15, 0.2) is 0 Å². The molecule has 2 aromatic heterocycles. The van der Waals surface area contributed by atoms with Gasteiger partial charge in [0.1, 0.15) is 33.9 Å². The Morgan fingerprint density at radius 3 is 2.82 bits per heavy atom. The first-order valence-corrected chi connectivity index (χ1v) is 10.5. The Bertz CT molecular complexity index is 1130. The predicted octanol–water partition coefficient (Wildman–Crippen LogP) is 0.776. The molecule has 0 radical (unpaired) electrons. The van der Waals surface area contributed by atoms with Crippen molar-refractivity contribution >= 4 is 39.0 Å². The summed E-state index contributed by atoms with van der Waals surface area (Å²) in [5, 5.41) is 13.5. The number of hydrogen-bond donors (Lipinski definition) is 2. The number of anilines is 1. The Labute approximate surface area is 165 Å². The fourth-order valence-electron chi connectivity index (χ4n) is 2.69. The van der Waals surface area contributed by atoms with Gasteiger partial charge in [0.25, 0.3) is 5.91 Å². The first kappa shape index (κ1) is 19.7. The lowest BCUT2D eigenvalue weighted by atomic mass is 10.1. The molecule has 0 saturated carbocycles. The summed E-state index contributed by atoms with van der Waals surface area (Å²) in [6.45, 7) is 3.30. The smallest absolute Gasteiger partial charge is 0.275 e. The van der Waals surface area contributed by atoms with E-state index < -0.39 is 21.5 Å². The summed E-state index contributed by atoms with van der Waals surface area (Å²) in [6.07, 6.45) is 1.32. The topological polar surface area (TPSA) is 154 Å². The van der Waals surface area contributed by atoms with Crippen LogP contribution in [-0.2, 0) is 15.6 Å². The van der Waals surface area contributed by atoms with Gasteiger partial charge in [0.05, 0.1) is 5.56 Å². The molecule has 3 heterocycles. The molecule has 3 rings (SSSR count). The van der Waals surface area contributed by atoms with Crippen LogP contribution in [0, 0.1) is 18.3 Å². The lowest BCUT2D eigenvalue weighted by Gasteiger charge is -2.32. The third-order valence-corrected chi connectivity index (χ3v) is 7.24. The number of aromatic nitrogens is 2. The summed E-state index contributed by atoms with van der Waals surface area (Å²) in [4.78, 5) is 25.1. The Morgan fingerprint density at radius 2 is 2.21 bits per heavy atom. The molecular formula is C16H17N7O3S2. The van der Waals surface area contributed by atoms with Crippen LogP contribution in [0.15, 0.2) is 22.6 Å². The van der Waals surface area contributed by atoms with E-state index in [9.17, 15) is 13.2 Å². The van der Waals surface area contributed by atoms with Crippen LogP contribution in [0.3, 0.4) is 0 Å². The number of nitriles is 1. The van der Waals surface area contributed by atoms with Crippen LogP contribution in [-0.4, -0.2) is 47.4 Å². The zero-order valence-corrected chi connectivity index (χ0v) is 16.9. The highest BCUT2D eigenvalue weighted by Crippen LogP contribution is 2.34. The van der Waals surface area contributed by atoms with E-state index in [1.807, 2.05) is 6.07 Å². The fourth-order valence-corrected chi connectivity index (χ4v) is 5.07. The van der Waals surface area contributed by atoms with E-state index in [-0.39, 0.29) is 23.2 Å². The molecule has 1 amide bonds. The number of carbonyl (C=O) groups is 1. The lowest BCUT2D eigenvalue weighted by molar-refractivity contribution is 0.102. The molecule has 0 saturated heterocycles. The molecule has 2 aromatic rings. The van der Waals surface area contributed by atoms with Crippen LogP contribution in [0.5, 0.6) is 0 Å². The van der Waals surface area contributed by atoms with Gasteiger partial charge in [0.2, 0.25) is 16.0 Å². The van der Waals surface area contributed by atoms with Crippen LogP contribution >= 0.6 is 11.3 Å². The van der Waals surface area contributed by atoms with E-state index in [2.05, 4.69) is 20.3 Å². The summed E-state index contributed by atoms with van der Waals surface area (Å²) in [7, 11) is -2.27. The summed E-state index contributed by atoms with van der Waals surface area (Å²) < 4.78 is 25.5. The van der Waals surface area contributed by atoms with Crippen molar-refractivity contribution in [1.82, 2.24) is 14.3 Å². The van der Waals surface area contributed by atoms with Gasteiger partial charge in [-0.3, -0.25) is 4.79 Å². The molecule has 1 aliphatic heterocycles. The SMILES string of the molecule is Cc1cc(C#N)cnc1C(=O)Nc1csc([C@]2(C)CS(=O)(=O)N(C)C(N)=N2)n1. The van der Waals surface area contributed by atoms with E-state index in [1.54, 1.807) is 25.3 Å². The fraction of sp³-hybridized carbons (Fsp3) is 0.312. The number of pyridine rings is 1. The Kier molecular flexibility index (Phi) is 4.82. The molecule has 146 valence electrons. The highest BCUT2D eigenvalue weighted by Gasteiger charge is 2.42. The van der Waals surface area contributed by atoms with Crippen molar-refractivity contribution in [3.8, 4) is 6.07 Å². The molecule has 0 fully saturated rings. The van der Waals surface area contributed by atoms with E-state index in [0.29, 0.717) is 16.1 Å². The van der Waals surface area contributed by atoms with Crippen LogP contribution in [0.1, 0.15) is 33.5 Å². The highest BCUT2D eigenvalue weighted by atomic mass is 32.2. The molecule has 10 nitrogen and oxygen atoms in total. The molecule has 0 spiro atoms. The number of thiazole rings is 1. The van der Waals surface area contributed by atoms with Gasteiger partial charge in [-0.25, -0.2) is 27.7 Å². The van der Waals surface area contributed by atoms with E-state index in [0.717, 1.165) is 4.31 Å².